The lowest BCUT2D eigenvalue weighted by Crippen LogP contribution is -2.34. The summed E-state index contributed by atoms with van der Waals surface area (Å²) in [5.74, 6) is 0.183. The zero-order valence-corrected chi connectivity index (χ0v) is 12.3. The standard InChI is InChI=1S/C14H20F3NO3/c1-4-5-18(9-14(15,16)17)8-10-6-11(20-2)13(19)12(7-10)21-3/h6-7,19H,4-5,8-9H2,1-3H3. The van der Waals surface area contributed by atoms with Crippen LogP contribution in [0.5, 0.6) is 17.2 Å². The molecule has 0 aliphatic rings. The molecule has 0 heterocycles. The van der Waals surface area contributed by atoms with Gasteiger partial charge in [0.2, 0.25) is 5.75 Å². The first-order valence-electron chi connectivity index (χ1n) is 6.53. The largest absolute Gasteiger partial charge is 0.502 e. The maximum atomic E-state index is 12.6. The van der Waals surface area contributed by atoms with Gasteiger partial charge >= 0.3 is 6.18 Å². The number of phenolic OH excluding ortho intramolecular Hbond substituents is 1. The van der Waals surface area contributed by atoms with Crippen LogP contribution in [0, 0.1) is 0 Å². The molecule has 0 amide bonds. The molecule has 0 saturated carbocycles. The van der Waals surface area contributed by atoms with Crippen LogP contribution in [0.1, 0.15) is 18.9 Å². The zero-order valence-electron chi connectivity index (χ0n) is 12.3. The lowest BCUT2D eigenvalue weighted by molar-refractivity contribution is -0.147. The Bertz CT molecular complexity index is 438. The van der Waals surface area contributed by atoms with Crippen molar-refractivity contribution in [3.8, 4) is 17.2 Å². The maximum Gasteiger partial charge on any atom is 0.401 e. The van der Waals surface area contributed by atoms with E-state index < -0.39 is 12.7 Å². The van der Waals surface area contributed by atoms with E-state index in [-0.39, 0.29) is 23.8 Å². The van der Waals surface area contributed by atoms with Crippen molar-refractivity contribution in [2.45, 2.75) is 26.1 Å². The van der Waals surface area contributed by atoms with Gasteiger partial charge in [0, 0.05) is 6.54 Å². The van der Waals surface area contributed by atoms with Crippen molar-refractivity contribution in [2.24, 2.45) is 0 Å². The highest BCUT2D eigenvalue weighted by Crippen LogP contribution is 2.37. The van der Waals surface area contributed by atoms with Crippen LogP contribution in [-0.2, 0) is 6.54 Å². The number of hydrogen-bond acceptors (Lipinski definition) is 4. The van der Waals surface area contributed by atoms with Crippen molar-refractivity contribution < 1.29 is 27.8 Å². The molecule has 0 aliphatic heterocycles. The Balaban J connectivity index is 2.97. The summed E-state index contributed by atoms with van der Waals surface area (Å²) in [6.07, 6.45) is -3.64. The van der Waals surface area contributed by atoms with E-state index in [1.807, 2.05) is 6.92 Å². The van der Waals surface area contributed by atoms with Gasteiger partial charge in [-0.2, -0.15) is 13.2 Å². The molecule has 0 atom stereocenters. The number of alkyl halides is 3. The molecule has 21 heavy (non-hydrogen) atoms. The first kappa shape index (κ1) is 17.4. The summed E-state index contributed by atoms with van der Waals surface area (Å²) in [5.41, 5.74) is 0.583. The Hall–Kier alpha value is -1.63. The highest BCUT2D eigenvalue weighted by atomic mass is 19.4. The minimum Gasteiger partial charge on any atom is -0.502 e. The van der Waals surface area contributed by atoms with E-state index in [9.17, 15) is 18.3 Å². The molecule has 4 nitrogen and oxygen atoms in total. The Kier molecular flexibility index (Phi) is 6.14. The number of rotatable bonds is 7. The molecule has 7 heteroatoms. The van der Waals surface area contributed by atoms with E-state index in [1.165, 1.54) is 31.3 Å². The Labute approximate surface area is 122 Å². The van der Waals surface area contributed by atoms with Crippen LogP contribution in [0.4, 0.5) is 13.2 Å². The number of benzene rings is 1. The highest BCUT2D eigenvalue weighted by Gasteiger charge is 2.30. The molecule has 1 N–H and O–H groups in total. The molecule has 0 bridgehead atoms. The second-order valence-corrected chi connectivity index (χ2v) is 4.67. The predicted octanol–water partition coefficient (Wildman–Crippen LogP) is 3.18. The fourth-order valence-corrected chi connectivity index (χ4v) is 2.08. The number of halogens is 3. The first-order chi connectivity index (χ1) is 9.80. The topological polar surface area (TPSA) is 41.9 Å². The van der Waals surface area contributed by atoms with E-state index in [0.717, 1.165) is 0 Å². The predicted molar refractivity (Wildman–Crippen MR) is 72.8 cm³/mol. The fraction of sp³-hybridized carbons (Fsp3) is 0.571. The van der Waals surface area contributed by atoms with Crippen LogP contribution >= 0.6 is 0 Å². The van der Waals surface area contributed by atoms with Gasteiger partial charge in [-0.05, 0) is 30.7 Å². The van der Waals surface area contributed by atoms with Crippen LogP contribution in [0.15, 0.2) is 12.1 Å². The molecule has 0 radical (unpaired) electrons. The van der Waals surface area contributed by atoms with Gasteiger partial charge in [-0.25, -0.2) is 0 Å². The molecular weight excluding hydrogens is 287 g/mol. The van der Waals surface area contributed by atoms with Gasteiger partial charge in [-0.1, -0.05) is 6.92 Å². The third-order valence-electron chi connectivity index (χ3n) is 2.89. The molecule has 120 valence electrons. The Morgan fingerprint density at radius 3 is 2.05 bits per heavy atom. The van der Waals surface area contributed by atoms with Gasteiger partial charge in [-0.15, -0.1) is 0 Å². The molecular formula is C14H20F3NO3. The zero-order chi connectivity index (χ0) is 16.0. The lowest BCUT2D eigenvalue weighted by Gasteiger charge is -2.23. The van der Waals surface area contributed by atoms with Crippen LogP contribution in [0.2, 0.25) is 0 Å². The van der Waals surface area contributed by atoms with Gasteiger partial charge in [0.05, 0.1) is 20.8 Å². The first-order valence-corrected chi connectivity index (χ1v) is 6.53. The minimum atomic E-state index is -4.25. The molecule has 0 saturated heterocycles. The molecule has 0 unspecified atom stereocenters. The Morgan fingerprint density at radius 1 is 1.14 bits per heavy atom. The molecule has 1 aromatic rings. The molecule has 0 fully saturated rings. The SMILES string of the molecule is CCCN(Cc1cc(OC)c(O)c(OC)c1)CC(F)(F)F. The highest BCUT2D eigenvalue weighted by molar-refractivity contribution is 5.52. The van der Waals surface area contributed by atoms with E-state index >= 15 is 0 Å². The molecule has 1 aromatic carbocycles. The maximum absolute atomic E-state index is 12.6. The summed E-state index contributed by atoms with van der Waals surface area (Å²) < 4.78 is 47.7. The van der Waals surface area contributed by atoms with E-state index in [2.05, 4.69) is 0 Å². The number of phenols is 1. The van der Waals surface area contributed by atoms with Gasteiger partial charge in [0.25, 0.3) is 0 Å². The number of methoxy groups -OCH3 is 2. The van der Waals surface area contributed by atoms with Crippen LogP contribution in [0.25, 0.3) is 0 Å². The number of nitrogens with zero attached hydrogens (tertiary/aromatic N) is 1. The summed E-state index contributed by atoms with van der Waals surface area (Å²) >= 11 is 0. The van der Waals surface area contributed by atoms with Crippen LogP contribution < -0.4 is 9.47 Å². The molecule has 0 aliphatic carbocycles. The lowest BCUT2D eigenvalue weighted by atomic mass is 10.1. The van der Waals surface area contributed by atoms with Crippen molar-refractivity contribution in [3.63, 3.8) is 0 Å². The van der Waals surface area contributed by atoms with E-state index in [1.54, 1.807) is 0 Å². The summed E-state index contributed by atoms with van der Waals surface area (Å²) in [7, 11) is 2.75. The summed E-state index contributed by atoms with van der Waals surface area (Å²) in [5, 5.41) is 9.79. The average molecular weight is 307 g/mol. The Morgan fingerprint density at radius 2 is 1.67 bits per heavy atom. The van der Waals surface area contributed by atoms with E-state index in [0.29, 0.717) is 18.5 Å². The number of aromatic hydroxyl groups is 1. The van der Waals surface area contributed by atoms with Crippen molar-refractivity contribution in [3.05, 3.63) is 17.7 Å². The molecule has 0 spiro atoms. The smallest absolute Gasteiger partial charge is 0.401 e. The van der Waals surface area contributed by atoms with Gasteiger partial charge in [0.1, 0.15) is 0 Å². The van der Waals surface area contributed by atoms with Gasteiger partial charge < -0.3 is 14.6 Å². The fourth-order valence-electron chi connectivity index (χ4n) is 2.08. The average Bonchev–Trinajstić information content (AvgIpc) is 2.38. The summed E-state index contributed by atoms with van der Waals surface area (Å²) in [6.45, 7) is 1.26. The van der Waals surface area contributed by atoms with Crippen molar-refractivity contribution in [1.29, 1.82) is 0 Å². The van der Waals surface area contributed by atoms with Crippen LogP contribution in [0.3, 0.4) is 0 Å². The minimum absolute atomic E-state index is 0.0976. The number of ether oxygens (including phenoxy) is 2. The van der Waals surface area contributed by atoms with Crippen molar-refractivity contribution >= 4 is 0 Å². The summed E-state index contributed by atoms with van der Waals surface area (Å²) in [6, 6.07) is 3.02. The van der Waals surface area contributed by atoms with Gasteiger partial charge in [0.15, 0.2) is 11.5 Å². The van der Waals surface area contributed by atoms with Crippen LogP contribution in [-0.4, -0.2) is 43.5 Å². The molecule has 0 aromatic heterocycles. The van der Waals surface area contributed by atoms with Gasteiger partial charge in [-0.3, -0.25) is 4.90 Å². The van der Waals surface area contributed by atoms with Crippen molar-refractivity contribution in [2.75, 3.05) is 27.3 Å². The monoisotopic (exact) mass is 307 g/mol. The summed E-state index contributed by atoms with van der Waals surface area (Å²) in [4.78, 5) is 1.30. The second kappa shape index (κ2) is 7.40. The normalized spacial score (nSPS) is 11.8. The third kappa shape index (κ3) is 5.34. The van der Waals surface area contributed by atoms with Crippen molar-refractivity contribution in [1.82, 2.24) is 4.90 Å². The molecule has 1 rings (SSSR count). The quantitative estimate of drug-likeness (QED) is 0.840. The second-order valence-electron chi connectivity index (χ2n) is 4.67. The van der Waals surface area contributed by atoms with E-state index in [4.69, 9.17) is 9.47 Å². The number of hydrogen-bond donors (Lipinski definition) is 1. The third-order valence-corrected chi connectivity index (χ3v) is 2.89.